The number of ether oxygens (including phenoxy) is 1. The average molecular weight is 330 g/mol. The molecule has 2 rings (SSSR count). The number of nitrogens with zero attached hydrogens (tertiary/aromatic N) is 1. The molecular weight excluding hydrogens is 304 g/mol. The second-order valence-corrected chi connectivity index (χ2v) is 7.03. The Morgan fingerprint density at radius 3 is 2.71 bits per heavy atom. The lowest BCUT2D eigenvalue weighted by Crippen LogP contribution is -2.50. The maximum absolute atomic E-state index is 12.8. The van der Waals surface area contributed by atoms with Crippen molar-refractivity contribution in [1.82, 2.24) is 10.2 Å². The second-order valence-electron chi connectivity index (χ2n) is 7.03. The van der Waals surface area contributed by atoms with Gasteiger partial charge in [-0.2, -0.15) is 0 Å². The van der Waals surface area contributed by atoms with E-state index in [2.05, 4.69) is 11.9 Å². The highest BCUT2D eigenvalue weighted by atomic mass is 16.6. The first-order valence-corrected chi connectivity index (χ1v) is 8.30. The summed E-state index contributed by atoms with van der Waals surface area (Å²) in [6, 6.07) is 7.33. The number of nitrogens with one attached hydrogen (secondary N) is 1. The largest absolute Gasteiger partial charge is 0.444 e. The molecule has 1 atom stereocenters. The molecule has 1 aliphatic rings. The van der Waals surface area contributed by atoms with Gasteiger partial charge in [0, 0.05) is 24.7 Å². The molecule has 5 heteroatoms. The fourth-order valence-electron chi connectivity index (χ4n) is 2.79. The third-order valence-corrected chi connectivity index (χ3v) is 3.84. The molecule has 5 nitrogen and oxygen atoms in total. The molecule has 2 amide bonds. The van der Waals surface area contributed by atoms with E-state index in [-0.39, 0.29) is 11.9 Å². The van der Waals surface area contributed by atoms with Gasteiger partial charge in [0.1, 0.15) is 5.60 Å². The molecule has 1 aliphatic heterocycles. The first kappa shape index (κ1) is 18.0. The van der Waals surface area contributed by atoms with Crippen molar-refractivity contribution >= 4 is 18.1 Å². The van der Waals surface area contributed by atoms with E-state index in [4.69, 9.17) is 4.74 Å². The third-order valence-electron chi connectivity index (χ3n) is 3.84. The number of alkyl carbamates (subject to hydrolysis) is 1. The number of rotatable bonds is 3. The van der Waals surface area contributed by atoms with Crippen LogP contribution in [0.5, 0.6) is 0 Å². The molecule has 0 saturated carbocycles. The van der Waals surface area contributed by atoms with Crippen LogP contribution >= 0.6 is 0 Å². The Bertz CT molecular complexity index is 619. The summed E-state index contributed by atoms with van der Waals surface area (Å²) in [5.41, 5.74) is 0.937. The summed E-state index contributed by atoms with van der Waals surface area (Å²) in [6.45, 7) is 10.4. The Morgan fingerprint density at radius 2 is 2.04 bits per heavy atom. The van der Waals surface area contributed by atoms with Crippen LogP contribution in [0.2, 0.25) is 0 Å². The summed E-state index contributed by atoms with van der Waals surface area (Å²) in [4.78, 5) is 26.5. The topological polar surface area (TPSA) is 58.6 Å². The molecule has 1 aromatic carbocycles. The van der Waals surface area contributed by atoms with Crippen molar-refractivity contribution in [1.29, 1.82) is 0 Å². The van der Waals surface area contributed by atoms with Crippen molar-refractivity contribution < 1.29 is 14.3 Å². The number of benzene rings is 1. The predicted molar refractivity (Wildman–Crippen MR) is 94.8 cm³/mol. The number of amides is 2. The molecule has 1 aromatic rings. The van der Waals surface area contributed by atoms with Gasteiger partial charge in [-0.25, -0.2) is 4.79 Å². The summed E-state index contributed by atoms with van der Waals surface area (Å²) in [6.07, 6.45) is 2.94. The van der Waals surface area contributed by atoms with Gasteiger partial charge in [0.2, 0.25) is 0 Å². The summed E-state index contributed by atoms with van der Waals surface area (Å²) < 4.78 is 5.29. The van der Waals surface area contributed by atoms with Crippen LogP contribution in [0, 0.1) is 0 Å². The molecule has 0 spiro atoms. The molecule has 130 valence electrons. The van der Waals surface area contributed by atoms with Crippen LogP contribution in [-0.4, -0.2) is 41.6 Å². The molecule has 0 aliphatic carbocycles. The lowest BCUT2D eigenvalue weighted by molar-refractivity contribution is 0.0452. The third kappa shape index (κ3) is 4.85. The van der Waals surface area contributed by atoms with E-state index in [1.165, 1.54) is 0 Å². The molecule has 1 saturated heterocycles. The van der Waals surface area contributed by atoms with Crippen molar-refractivity contribution in [2.75, 3.05) is 13.1 Å². The SMILES string of the molecule is C=Cc1ccccc1C(=O)N1CCC[C@H](NC(=O)OC(C)(C)C)C1. The molecular formula is C19H26N2O3. The lowest BCUT2D eigenvalue weighted by atomic mass is 10.0. The minimum absolute atomic E-state index is 0.0267. The van der Waals surface area contributed by atoms with Gasteiger partial charge in [0.25, 0.3) is 5.91 Å². The monoisotopic (exact) mass is 330 g/mol. The zero-order valence-corrected chi connectivity index (χ0v) is 14.7. The average Bonchev–Trinajstić information content (AvgIpc) is 2.52. The molecule has 1 N–H and O–H groups in total. The number of piperidine rings is 1. The zero-order valence-electron chi connectivity index (χ0n) is 14.7. The van der Waals surface area contributed by atoms with E-state index in [9.17, 15) is 9.59 Å². The van der Waals surface area contributed by atoms with Crippen molar-refractivity contribution in [2.24, 2.45) is 0 Å². The lowest BCUT2D eigenvalue weighted by Gasteiger charge is -2.34. The predicted octanol–water partition coefficient (Wildman–Crippen LogP) is 3.46. The van der Waals surface area contributed by atoms with Gasteiger partial charge in [-0.05, 0) is 45.2 Å². The van der Waals surface area contributed by atoms with Crippen molar-refractivity contribution in [3.05, 3.63) is 42.0 Å². The molecule has 1 heterocycles. The van der Waals surface area contributed by atoms with Crippen LogP contribution in [0.15, 0.2) is 30.8 Å². The van der Waals surface area contributed by atoms with Gasteiger partial charge < -0.3 is 15.0 Å². The summed E-state index contributed by atoms with van der Waals surface area (Å²) in [7, 11) is 0. The number of likely N-dealkylation sites (tertiary alicyclic amines) is 1. The number of carbonyl (C=O) groups excluding carboxylic acids is 2. The van der Waals surface area contributed by atoms with E-state index in [1.807, 2.05) is 45.0 Å². The minimum atomic E-state index is -0.531. The minimum Gasteiger partial charge on any atom is -0.444 e. The Balaban J connectivity index is 2.01. The van der Waals surface area contributed by atoms with Gasteiger partial charge in [-0.1, -0.05) is 30.9 Å². The maximum atomic E-state index is 12.8. The molecule has 0 radical (unpaired) electrons. The molecule has 0 bridgehead atoms. The molecule has 0 aromatic heterocycles. The molecule has 24 heavy (non-hydrogen) atoms. The summed E-state index contributed by atoms with van der Waals surface area (Å²) in [5, 5.41) is 2.87. The van der Waals surface area contributed by atoms with E-state index in [0.717, 1.165) is 18.4 Å². The van der Waals surface area contributed by atoms with Gasteiger partial charge in [-0.15, -0.1) is 0 Å². The first-order chi connectivity index (χ1) is 11.3. The smallest absolute Gasteiger partial charge is 0.407 e. The van der Waals surface area contributed by atoms with Crippen LogP contribution in [0.3, 0.4) is 0 Å². The van der Waals surface area contributed by atoms with Crippen LogP contribution in [0.1, 0.15) is 49.5 Å². The fraction of sp³-hybridized carbons (Fsp3) is 0.474. The summed E-state index contributed by atoms with van der Waals surface area (Å²) in [5.74, 6) is -0.0267. The Labute approximate surface area is 143 Å². The van der Waals surface area contributed by atoms with E-state index in [0.29, 0.717) is 18.7 Å². The molecule has 0 unspecified atom stereocenters. The van der Waals surface area contributed by atoms with Crippen LogP contribution < -0.4 is 5.32 Å². The van der Waals surface area contributed by atoms with Crippen LogP contribution in [0.4, 0.5) is 4.79 Å². The van der Waals surface area contributed by atoms with Crippen molar-refractivity contribution in [2.45, 2.75) is 45.3 Å². The van der Waals surface area contributed by atoms with Crippen LogP contribution in [0.25, 0.3) is 6.08 Å². The fourth-order valence-corrected chi connectivity index (χ4v) is 2.79. The first-order valence-electron chi connectivity index (χ1n) is 8.30. The highest BCUT2D eigenvalue weighted by Crippen LogP contribution is 2.18. The normalized spacial score (nSPS) is 18.0. The molecule has 1 fully saturated rings. The standard InChI is InChI=1S/C19H26N2O3/c1-5-14-9-6-7-11-16(14)17(22)21-12-8-10-15(13-21)20-18(23)24-19(2,3)4/h5-7,9,11,15H,1,8,10,12-13H2,2-4H3,(H,20,23)/t15-/m0/s1. The second kappa shape index (κ2) is 7.51. The van der Waals surface area contributed by atoms with E-state index < -0.39 is 11.7 Å². The van der Waals surface area contributed by atoms with Crippen LogP contribution in [-0.2, 0) is 4.74 Å². The maximum Gasteiger partial charge on any atom is 0.407 e. The van der Waals surface area contributed by atoms with E-state index in [1.54, 1.807) is 11.0 Å². The summed E-state index contributed by atoms with van der Waals surface area (Å²) >= 11 is 0. The number of carbonyl (C=O) groups is 2. The zero-order chi connectivity index (χ0) is 17.7. The van der Waals surface area contributed by atoms with Crippen molar-refractivity contribution in [3.63, 3.8) is 0 Å². The number of hydrogen-bond donors (Lipinski definition) is 1. The quantitative estimate of drug-likeness (QED) is 0.923. The Morgan fingerprint density at radius 1 is 1.33 bits per heavy atom. The van der Waals surface area contributed by atoms with Gasteiger partial charge in [-0.3, -0.25) is 4.79 Å². The van der Waals surface area contributed by atoms with Gasteiger partial charge >= 0.3 is 6.09 Å². The van der Waals surface area contributed by atoms with Gasteiger partial charge in [0.15, 0.2) is 0 Å². The number of hydrogen-bond acceptors (Lipinski definition) is 3. The van der Waals surface area contributed by atoms with Gasteiger partial charge in [0.05, 0.1) is 0 Å². The van der Waals surface area contributed by atoms with Crippen molar-refractivity contribution in [3.8, 4) is 0 Å². The highest BCUT2D eigenvalue weighted by Gasteiger charge is 2.27. The highest BCUT2D eigenvalue weighted by molar-refractivity contribution is 5.97. The Hall–Kier alpha value is -2.30. The van der Waals surface area contributed by atoms with E-state index >= 15 is 0 Å². The Kier molecular flexibility index (Phi) is 5.65.